The first-order chi connectivity index (χ1) is 15.6. The summed E-state index contributed by atoms with van der Waals surface area (Å²) in [6.45, 7) is 3.38. The van der Waals surface area contributed by atoms with Crippen LogP contribution in [0.15, 0.2) is 36.4 Å². The van der Waals surface area contributed by atoms with Crippen molar-refractivity contribution in [1.29, 1.82) is 0 Å². The molecule has 0 radical (unpaired) electrons. The molecule has 33 heavy (non-hydrogen) atoms. The molecule has 1 heterocycles. The number of ketones is 1. The summed E-state index contributed by atoms with van der Waals surface area (Å²) in [5.41, 5.74) is 1.37. The van der Waals surface area contributed by atoms with Crippen molar-refractivity contribution >= 4 is 40.4 Å². The molecule has 1 N–H and O–H groups in total. The monoisotopic (exact) mass is 472 g/mol. The van der Waals surface area contributed by atoms with Crippen molar-refractivity contribution in [2.24, 2.45) is 7.05 Å². The van der Waals surface area contributed by atoms with Gasteiger partial charge in [-0.25, -0.2) is 4.39 Å². The normalized spacial score (nSPS) is 18.7. The molecule has 174 valence electrons. The Morgan fingerprint density at radius 3 is 2.61 bits per heavy atom. The highest BCUT2D eigenvalue weighted by atomic mass is 35.5. The molecule has 1 amide bonds. The predicted octanol–water partition coefficient (Wildman–Crippen LogP) is 4.68. The molecule has 2 atom stereocenters. The highest BCUT2D eigenvalue weighted by Gasteiger charge is 2.42. The van der Waals surface area contributed by atoms with E-state index in [1.807, 2.05) is 29.8 Å². The minimum atomic E-state index is -1.21. The number of fused-ring (bicyclic) bond motifs is 1. The van der Waals surface area contributed by atoms with Crippen LogP contribution in [0.1, 0.15) is 43.9 Å². The fourth-order valence-corrected chi connectivity index (χ4v) is 5.14. The molecule has 3 aromatic rings. The molecule has 0 saturated heterocycles. The molecule has 0 aliphatic heterocycles. The molecular formula is C25H26ClFN2O4. The Morgan fingerprint density at radius 2 is 2.00 bits per heavy atom. The Labute approximate surface area is 196 Å². The zero-order valence-electron chi connectivity index (χ0n) is 18.9. The SMILES string of the molecule is COc1ccc2c(c1)c(C1CC(N(C=O)c3ccc(Cl)c(F)c3)CC1=O)c(C(C)(C)O)n2C. The van der Waals surface area contributed by atoms with Gasteiger partial charge in [-0.2, -0.15) is 0 Å². The number of methoxy groups -OCH3 is 1. The van der Waals surface area contributed by atoms with E-state index in [-0.39, 0.29) is 17.2 Å². The van der Waals surface area contributed by atoms with Crippen molar-refractivity contribution in [2.45, 2.75) is 44.2 Å². The van der Waals surface area contributed by atoms with Crippen LogP contribution in [0.3, 0.4) is 0 Å². The third-order valence-electron chi connectivity index (χ3n) is 6.42. The number of nitrogens with zero attached hydrogens (tertiary/aromatic N) is 2. The summed E-state index contributed by atoms with van der Waals surface area (Å²) in [4.78, 5) is 26.6. The van der Waals surface area contributed by atoms with Crippen molar-refractivity contribution in [3.8, 4) is 5.75 Å². The standard InChI is InChI=1S/C25H26ClFN2O4/c1-25(2,32)24-23(17-12-16(33-4)6-8-21(17)28(24)3)18-9-15(11-22(18)31)29(13-30)14-5-7-19(26)20(27)10-14/h5-8,10,12-13,15,18,32H,9,11H2,1-4H3. The lowest BCUT2D eigenvalue weighted by Gasteiger charge is -2.26. The van der Waals surface area contributed by atoms with Crippen LogP contribution in [-0.2, 0) is 22.2 Å². The van der Waals surface area contributed by atoms with Crippen LogP contribution in [-0.4, -0.2) is 35.0 Å². The van der Waals surface area contributed by atoms with E-state index in [1.54, 1.807) is 27.0 Å². The van der Waals surface area contributed by atoms with E-state index >= 15 is 0 Å². The first-order valence-corrected chi connectivity index (χ1v) is 11.0. The molecule has 8 heteroatoms. The number of Topliss-reactive ketones (excluding diaryl/α,β-unsaturated/α-hetero) is 1. The van der Waals surface area contributed by atoms with Crippen LogP contribution in [0.4, 0.5) is 10.1 Å². The van der Waals surface area contributed by atoms with Gasteiger partial charge in [0, 0.05) is 42.0 Å². The molecule has 1 aliphatic rings. The second-order valence-corrected chi connectivity index (χ2v) is 9.39. The minimum Gasteiger partial charge on any atom is -0.497 e. The molecule has 0 spiro atoms. The van der Waals surface area contributed by atoms with Gasteiger partial charge < -0.3 is 19.3 Å². The van der Waals surface area contributed by atoms with Crippen LogP contribution in [0.2, 0.25) is 5.02 Å². The van der Waals surface area contributed by atoms with Gasteiger partial charge in [-0.15, -0.1) is 0 Å². The van der Waals surface area contributed by atoms with Crippen LogP contribution < -0.4 is 9.64 Å². The molecule has 1 aromatic heterocycles. The largest absolute Gasteiger partial charge is 0.497 e. The number of carbonyl (C=O) groups is 2. The number of anilines is 1. The molecule has 1 fully saturated rings. The summed E-state index contributed by atoms with van der Waals surface area (Å²) >= 11 is 5.79. The number of aliphatic hydroxyl groups is 1. The average molecular weight is 473 g/mol. The van der Waals surface area contributed by atoms with Gasteiger partial charge in [0.1, 0.15) is 17.3 Å². The van der Waals surface area contributed by atoms with Crippen molar-refractivity contribution in [1.82, 2.24) is 4.57 Å². The maximum Gasteiger partial charge on any atom is 0.214 e. The third kappa shape index (κ3) is 4.00. The summed E-state index contributed by atoms with van der Waals surface area (Å²) in [6, 6.07) is 9.30. The average Bonchev–Trinajstić information content (AvgIpc) is 3.27. The van der Waals surface area contributed by atoms with Gasteiger partial charge in [-0.3, -0.25) is 9.59 Å². The van der Waals surface area contributed by atoms with Crippen molar-refractivity contribution in [3.05, 3.63) is 58.5 Å². The van der Waals surface area contributed by atoms with Crippen LogP contribution in [0.5, 0.6) is 5.75 Å². The lowest BCUT2D eigenvalue weighted by Crippen LogP contribution is -2.32. The number of benzene rings is 2. The summed E-state index contributed by atoms with van der Waals surface area (Å²) in [5, 5.41) is 11.8. The lowest BCUT2D eigenvalue weighted by molar-refractivity contribution is -0.118. The van der Waals surface area contributed by atoms with Crippen LogP contribution in [0.25, 0.3) is 10.9 Å². The van der Waals surface area contributed by atoms with Gasteiger partial charge in [0.15, 0.2) is 0 Å². The van der Waals surface area contributed by atoms with Gasteiger partial charge in [0.25, 0.3) is 0 Å². The topological polar surface area (TPSA) is 71.8 Å². The van der Waals surface area contributed by atoms with E-state index < -0.39 is 23.4 Å². The van der Waals surface area contributed by atoms with E-state index in [2.05, 4.69) is 0 Å². The zero-order valence-corrected chi connectivity index (χ0v) is 19.7. The maximum atomic E-state index is 14.0. The molecule has 2 unspecified atom stereocenters. The fourth-order valence-electron chi connectivity index (χ4n) is 5.03. The number of amides is 1. The summed E-state index contributed by atoms with van der Waals surface area (Å²) in [7, 11) is 3.43. The van der Waals surface area contributed by atoms with Crippen LogP contribution in [0, 0.1) is 5.82 Å². The number of rotatable bonds is 6. The van der Waals surface area contributed by atoms with Crippen molar-refractivity contribution < 1.29 is 23.8 Å². The highest BCUT2D eigenvalue weighted by molar-refractivity contribution is 6.30. The Hall–Kier alpha value is -2.90. The molecule has 1 saturated carbocycles. The van der Waals surface area contributed by atoms with E-state index in [0.717, 1.165) is 16.5 Å². The summed E-state index contributed by atoms with van der Waals surface area (Å²) in [5.74, 6) is -0.564. The lowest BCUT2D eigenvalue weighted by atomic mass is 9.88. The number of carbonyl (C=O) groups excluding carboxylic acids is 2. The number of hydrogen-bond acceptors (Lipinski definition) is 4. The third-order valence-corrected chi connectivity index (χ3v) is 6.72. The fraction of sp³-hybridized carbons (Fsp3) is 0.360. The first-order valence-electron chi connectivity index (χ1n) is 10.7. The molecule has 2 aromatic carbocycles. The van der Waals surface area contributed by atoms with Gasteiger partial charge in [0.2, 0.25) is 6.41 Å². The molecule has 0 bridgehead atoms. The number of ether oxygens (including phenoxy) is 1. The van der Waals surface area contributed by atoms with Gasteiger partial charge >= 0.3 is 0 Å². The minimum absolute atomic E-state index is 0.0375. The van der Waals surface area contributed by atoms with Gasteiger partial charge in [0.05, 0.1) is 23.4 Å². The van der Waals surface area contributed by atoms with E-state index in [1.165, 1.54) is 17.0 Å². The summed E-state index contributed by atoms with van der Waals surface area (Å²) in [6.07, 6.45) is 1.09. The second kappa shape index (κ2) is 8.47. The smallest absolute Gasteiger partial charge is 0.214 e. The predicted molar refractivity (Wildman–Crippen MR) is 125 cm³/mol. The maximum absolute atomic E-state index is 14.0. The molecule has 6 nitrogen and oxygen atoms in total. The summed E-state index contributed by atoms with van der Waals surface area (Å²) < 4.78 is 21.3. The Kier molecular flexibility index (Phi) is 5.97. The molecular weight excluding hydrogens is 447 g/mol. The van der Waals surface area contributed by atoms with E-state index in [4.69, 9.17) is 16.3 Å². The molecule has 1 aliphatic carbocycles. The highest BCUT2D eigenvalue weighted by Crippen LogP contribution is 2.44. The number of hydrogen-bond donors (Lipinski definition) is 1. The first kappa shape index (κ1) is 23.3. The van der Waals surface area contributed by atoms with Crippen molar-refractivity contribution in [2.75, 3.05) is 12.0 Å². The van der Waals surface area contributed by atoms with E-state index in [9.17, 15) is 19.1 Å². The zero-order chi connectivity index (χ0) is 24.1. The second-order valence-electron chi connectivity index (χ2n) is 8.99. The quantitative estimate of drug-likeness (QED) is 0.528. The van der Waals surface area contributed by atoms with Crippen molar-refractivity contribution in [3.63, 3.8) is 0 Å². The van der Waals surface area contributed by atoms with Gasteiger partial charge in [-0.1, -0.05) is 11.6 Å². The number of aryl methyl sites for hydroxylation is 1. The molecule has 4 rings (SSSR count). The van der Waals surface area contributed by atoms with E-state index in [0.29, 0.717) is 30.0 Å². The van der Waals surface area contributed by atoms with Gasteiger partial charge in [-0.05, 0) is 62.2 Å². The number of aromatic nitrogens is 1. The van der Waals surface area contributed by atoms with Crippen LogP contribution >= 0.6 is 11.6 Å². The Balaban J connectivity index is 1.81. The Morgan fingerprint density at radius 1 is 1.27 bits per heavy atom. The Bertz CT molecular complexity index is 1250. The number of halogens is 2.